The summed E-state index contributed by atoms with van der Waals surface area (Å²) in [6.45, 7) is 27.8. The van der Waals surface area contributed by atoms with E-state index in [1.54, 1.807) is 0 Å². The maximum atomic E-state index is 4.08. The van der Waals surface area contributed by atoms with E-state index in [4.69, 9.17) is 0 Å². The van der Waals surface area contributed by atoms with E-state index in [9.17, 15) is 0 Å². The number of aliphatic imine (C=N–C) groups is 1. The van der Waals surface area contributed by atoms with Crippen LogP contribution in [0.5, 0.6) is 0 Å². The second-order valence-corrected chi connectivity index (χ2v) is 7.05. The molecule has 0 aliphatic carbocycles. The van der Waals surface area contributed by atoms with E-state index < -0.39 is 0 Å². The topological polar surface area (TPSA) is 12.4 Å². The zero-order valence-electron chi connectivity index (χ0n) is 21.8. The molecule has 2 rings (SSSR count). The van der Waals surface area contributed by atoms with Gasteiger partial charge in [0.05, 0.1) is 0 Å². The lowest BCUT2D eigenvalue weighted by molar-refractivity contribution is 1.14. The van der Waals surface area contributed by atoms with Crippen LogP contribution in [0.25, 0.3) is 5.57 Å². The molecule has 182 valence electrons. The SMILES string of the molecule is C.C/C=C\C.C=CC(=C\C)/C(=C/C)CC(=C)C(=C)C.CC.Cc1ccc(C2=CN=CC2)cc1. The van der Waals surface area contributed by atoms with Crippen molar-refractivity contribution in [2.45, 2.75) is 75.7 Å². The zero-order valence-corrected chi connectivity index (χ0v) is 21.8. The molecule has 1 heteroatoms. The van der Waals surface area contributed by atoms with Crippen molar-refractivity contribution in [3.05, 3.63) is 114 Å². The Morgan fingerprint density at radius 3 is 1.85 bits per heavy atom. The molecule has 1 aromatic carbocycles. The van der Waals surface area contributed by atoms with Gasteiger partial charge in [0, 0.05) is 18.8 Å². The van der Waals surface area contributed by atoms with Crippen molar-refractivity contribution in [3.8, 4) is 0 Å². The first-order valence-corrected chi connectivity index (χ1v) is 11.5. The molecule has 1 aromatic rings. The molecule has 33 heavy (non-hydrogen) atoms. The highest BCUT2D eigenvalue weighted by Gasteiger charge is 2.03. The highest BCUT2D eigenvalue weighted by molar-refractivity contribution is 5.84. The van der Waals surface area contributed by atoms with Gasteiger partial charge >= 0.3 is 0 Å². The van der Waals surface area contributed by atoms with E-state index in [0.717, 1.165) is 24.0 Å². The van der Waals surface area contributed by atoms with Gasteiger partial charge < -0.3 is 0 Å². The molecule has 0 atom stereocenters. The van der Waals surface area contributed by atoms with Gasteiger partial charge in [0.1, 0.15) is 0 Å². The third-order valence-electron chi connectivity index (χ3n) is 4.66. The summed E-state index contributed by atoms with van der Waals surface area (Å²) < 4.78 is 0. The fourth-order valence-corrected chi connectivity index (χ4v) is 2.49. The second kappa shape index (κ2) is 22.3. The summed E-state index contributed by atoms with van der Waals surface area (Å²) >= 11 is 0. The Balaban J connectivity index is -0.000000432. The molecule has 0 saturated carbocycles. The van der Waals surface area contributed by atoms with Crippen molar-refractivity contribution in [2.24, 2.45) is 4.99 Å². The molecule has 1 heterocycles. The van der Waals surface area contributed by atoms with Crippen LogP contribution in [0.2, 0.25) is 0 Å². The predicted molar refractivity (Wildman–Crippen MR) is 157 cm³/mol. The van der Waals surface area contributed by atoms with Crippen LogP contribution in [0.15, 0.2) is 108 Å². The molecule has 1 nitrogen and oxygen atoms in total. The summed E-state index contributed by atoms with van der Waals surface area (Å²) in [5, 5.41) is 0. The summed E-state index contributed by atoms with van der Waals surface area (Å²) in [6, 6.07) is 8.56. The molecule has 0 bridgehead atoms. The molecular weight excluding hydrogens is 398 g/mol. The quantitative estimate of drug-likeness (QED) is 0.304. The summed E-state index contributed by atoms with van der Waals surface area (Å²) in [6.07, 6.45) is 15.8. The number of rotatable bonds is 6. The van der Waals surface area contributed by atoms with Crippen molar-refractivity contribution in [3.63, 3.8) is 0 Å². The molecule has 0 saturated heterocycles. The van der Waals surface area contributed by atoms with Crippen molar-refractivity contribution in [2.75, 3.05) is 0 Å². The lowest BCUT2D eigenvalue weighted by Gasteiger charge is -2.10. The molecule has 1 aliphatic heterocycles. The largest absolute Gasteiger partial charge is 0.268 e. The fraction of sp³-hybridized carbons (Fsp3) is 0.344. The van der Waals surface area contributed by atoms with Crippen LogP contribution in [-0.4, -0.2) is 6.21 Å². The van der Waals surface area contributed by atoms with Gasteiger partial charge in [-0.05, 0) is 75.8 Å². The molecule has 0 amide bonds. The van der Waals surface area contributed by atoms with Gasteiger partial charge in [-0.1, -0.05) is 107 Å². The molecule has 0 N–H and O–H groups in total. The minimum absolute atomic E-state index is 0. The standard InChI is InChI=1S/C14H20.C11H11N.C4H8.C2H6.CH4/c1-7-13(8-2)14(9-3)10-12(6)11(4)5;1-9-2-4-10(5-3-9)11-6-7-12-8-11;1-3-4-2;1-2;/h7-9H,1,4,6,10H2,2-3,5H3;2-5,7-8H,6H2,1H3;3-4H,1-2H3;1-2H3;1H4/b13-8+,14-9+;;4-3-;;. The molecule has 0 radical (unpaired) electrons. The molecule has 0 unspecified atom stereocenters. The van der Waals surface area contributed by atoms with Gasteiger partial charge in [-0.25, -0.2) is 0 Å². The van der Waals surface area contributed by atoms with Crippen LogP contribution >= 0.6 is 0 Å². The first-order valence-electron chi connectivity index (χ1n) is 11.5. The van der Waals surface area contributed by atoms with E-state index in [1.165, 1.54) is 27.8 Å². The molecule has 0 fully saturated rings. The number of hydrogen-bond donors (Lipinski definition) is 0. The Morgan fingerprint density at radius 2 is 1.52 bits per heavy atom. The van der Waals surface area contributed by atoms with Crippen LogP contribution in [0.1, 0.15) is 79.9 Å². The van der Waals surface area contributed by atoms with Gasteiger partial charge in [0.2, 0.25) is 0 Å². The lowest BCUT2D eigenvalue weighted by Crippen LogP contribution is -1.90. The van der Waals surface area contributed by atoms with E-state index in [-0.39, 0.29) is 7.43 Å². The van der Waals surface area contributed by atoms with Crippen LogP contribution in [0.3, 0.4) is 0 Å². The molecular formula is C32H49N. The Hall–Kier alpha value is -2.93. The second-order valence-electron chi connectivity index (χ2n) is 7.05. The smallest absolute Gasteiger partial charge is 0.0305 e. The van der Waals surface area contributed by atoms with Crippen molar-refractivity contribution >= 4 is 11.8 Å². The summed E-state index contributed by atoms with van der Waals surface area (Å²) in [7, 11) is 0. The Labute approximate surface area is 206 Å². The normalized spacial score (nSPS) is 12.1. The van der Waals surface area contributed by atoms with Gasteiger partial charge in [-0.15, -0.1) is 0 Å². The number of nitrogens with zero attached hydrogens (tertiary/aromatic N) is 1. The minimum Gasteiger partial charge on any atom is -0.268 e. The summed E-state index contributed by atoms with van der Waals surface area (Å²) in [5.41, 5.74) is 8.47. The van der Waals surface area contributed by atoms with Crippen LogP contribution in [0.4, 0.5) is 0 Å². The van der Waals surface area contributed by atoms with Crippen LogP contribution in [0, 0.1) is 6.92 Å². The average Bonchev–Trinajstić information content (AvgIpc) is 3.36. The summed E-state index contributed by atoms with van der Waals surface area (Å²) in [4.78, 5) is 4.08. The first-order chi connectivity index (χ1) is 15.3. The number of aryl methyl sites for hydroxylation is 1. The maximum absolute atomic E-state index is 4.08. The first kappa shape index (κ1) is 34.7. The fourth-order valence-electron chi connectivity index (χ4n) is 2.49. The molecule has 1 aliphatic rings. The average molecular weight is 448 g/mol. The summed E-state index contributed by atoms with van der Waals surface area (Å²) in [5.74, 6) is 0. The van der Waals surface area contributed by atoms with Crippen molar-refractivity contribution in [1.82, 2.24) is 0 Å². The minimum atomic E-state index is 0. The van der Waals surface area contributed by atoms with E-state index in [1.807, 2.05) is 79.1 Å². The van der Waals surface area contributed by atoms with Gasteiger partial charge in [-0.3, -0.25) is 4.99 Å². The van der Waals surface area contributed by atoms with E-state index in [2.05, 4.69) is 68.1 Å². The lowest BCUT2D eigenvalue weighted by atomic mass is 9.96. The maximum Gasteiger partial charge on any atom is 0.0305 e. The predicted octanol–water partition coefficient (Wildman–Crippen LogP) is 10.6. The third kappa shape index (κ3) is 15.5. The highest BCUT2D eigenvalue weighted by Crippen LogP contribution is 2.22. The monoisotopic (exact) mass is 447 g/mol. The van der Waals surface area contributed by atoms with Crippen LogP contribution < -0.4 is 0 Å². The van der Waals surface area contributed by atoms with E-state index >= 15 is 0 Å². The zero-order chi connectivity index (χ0) is 24.9. The number of benzene rings is 1. The number of hydrogen-bond acceptors (Lipinski definition) is 1. The Kier molecular flexibility index (Phi) is 23.4. The molecule has 0 aromatic heterocycles. The Bertz CT molecular complexity index is 833. The van der Waals surface area contributed by atoms with Gasteiger partial charge in [0.15, 0.2) is 0 Å². The highest BCUT2D eigenvalue weighted by atomic mass is 14.7. The van der Waals surface area contributed by atoms with E-state index in [0.29, 0.717) is 0 Å². The molecule has 0 spiro atoms. The van der Waals surface area contributed by atoms with Crippen molar-refractivity contribution in [1.29, 1.82) is 0 Å². The number of allylic oxidation sites excluding steroid dienone is 10. The van der Waals surface area contributed by atoms with Gasteiger partial charge in [-0.2, -0.15) is 0 Å². The third-order valence-corrected chi connectivity index (χ3v) is 4.66. The van der Waals surface area contributed by atoms with Crippen LogP contribution in [-0.2, 0) is 0 Å². The van der Waals surface area contributed by atoms with Gasteiger partial charge in [0.25, 0.3) is 0 Å². The van der Waals surface area contributed by atoms with Crippen molar-refractivity contribution < 1.29 is 0 Å². The Morgan fingerprint density at radius 1 is 0.970 bits per heavy atom.